The Morgan fingerprint density at radius 3 is 1.21 bits per heavy atom. The average Bonchev–Trinajstić information content (AvgIpc) is 3.38. The second-order valence-electron chi connectivity index (χ2n) is 9.43. The summed E-state index contributed by atoms with van der Waals surface area (Å²) in [7, 11) is 0. The molecular formula is C26H38N2+2. The van der Waals surface area contributed by atoms with E-state index in [0.717, 1.165) is 0 Å². The fourth-order valence-electron chi connectivity index (χ4n) is 5.77. The quantitative estimate of drug-likeness (QED) is 0.405. The SMILES string of the molecule is c1ccc(C[N+]2(CCCC[N+]3(Cc4ccccc4)CCCC3)CCCC2)cc1. The van der Waals surface area contributed by atoms with Crippen LogP contribution in [0.2, 0.25) is 0 Å². The molecule has 0 aliphatic carbocycles. The number of rotatable bonds is 9. The van der Waals surface area contributed by atoms with Crippen LogP contribution in [0.15, 0.2) is 60.7 Å². The summed E-state index contributed by atoms with van der Waals surface area (Å²) in [6.07, 6.45) is 8.45. The first-order valence-electron chi connectivity index (χ1n) is 11.6. The van der Waals surface area contributed by atoms with E-state index in [4.69, 9.17) is 0 Å². The lowest BCUT2D eigenvalue weighted by Gasteiger charge is -2.37. The lowest BCUT2D eigenvalue weighted by atomic mass is 10.1. The van der Waals surface area contributed by atoms with Gasteiger partial charge < -0.3 is 8.97 Å². The molecule has 2 fully saturated rings. The minimum absolute atomic E-state index is 1.24. The summed E-state index contributed by atoms with van der Waals surface area (Å²) in [5.74, 6) is 0. The van der Waals surface area contributed by atoms with E-state index in [1.54, 1.807) is 0 Å². The molecule has 0 saturated carbocycles. The van der Waals surface area contributed by atoms with E-state index >= 15 is 0 Å². The van der Waals surface area contributed by atoms with Crippen molar-refractivity contribution in [3.63, 3.8) is 0 Å². The van der Waals surface area contributed by atoms with Gasteiger partial charge in [0.2, 0.25) is 0 Å². The molecule has 0 unspecified atom stereocenters. The standard InChI is InChI=1S/C26H38N2/c1-3-13-25(14-4-1)23-27(17-7-8-18-27)21-11-12-22-28(19-9-10-20-28)24-26-15-5-2-6-16-26/h1-6,13-16H,7-12,17-24H2/q+2. The summed E-state index contributed by atoms with van der Waals surface area (Å²) >= 11 is 0. The Labute approximate surface area is 172 Å². The lowest BCUT2D eigenvalue weighted by molar-refractivity contribution is -0.935. The van der Waals surface area contributed by atoms with E-state index < -0.39 is 0 Å². The molecular weight excluding hydrogens is 340 g/mol. The first kappa shape index (κ1) is 19.7. The molecule has 0 aromatic heterocycles. The van der Waals surface area contributed by atoms with Crippen LogP contribution >= 0.6 is 0 Å². The number of unbranched alkanes of at least 4 members (excludes halogenated alkanes) is 1. The molecule has 2 heteroatoms. The smallest absolute Gasteiger partial charge is 0.104 e. The molecule has 0 spiro atoms. The third-order valence-electron chi connectivity index (χ3n) is 7.27. The van der Waals surface area contributed by atoms with E-state index in [1.165, 1.54) is 111 Å². The van der Waals surface area contributed by atoms with Crippen molar-refractivity contribution in [2.75, 3.05) is 39.3 Å². The predicted molar refractivity (Wildman–Crippen MR) is 118 cm³/mol. The summed E-state index contributed by atoms with van der Waals surface area (Å²) in [5, 5.41) is 0. The number of benzene rings is 2. The molecule has 0 amide bonds. The molecule has 2 aromatic carbocycles. The molecule has 0 radical (unpaired) electrons. The van der Waals surface area contributed by atoms with Crippen molar-refractivity contribution < 1.29 is 8.97 Å². The van der Waals surface area contributed by atoms with Crippen LogP contribution in [0.3, 0.4) is 0 Å². The summed E-state index contributed by atoms with van der Waals surface area (Å²) in [5.41, 5.74) is 3.05. The largest absolute Gasteiger partial charge is 0.320 e. The third kappa shape index (κ3) is 5.04. The van der Waals surface area contributed by atoms with E-state index in [9.17, 15) is 0 Å². The number of nitrogens with zero attached hydrogens (tertiary/aromatic N) is 2. The predicted octanol–water partition coefficient (Wildman–Crippen LogP) is 5.39. The van der Waals surface area contributed by atoms with Crippen molar-refractivity contribution in [3.05, 3.63) is 71.8 Å². The van der Waals surface area contributed by atoms with Crippen molar-refractivity contribution in [3.8, 4) is 0 Å². The minimum atomic E-state index is 1.24. The van der Waals surface area contributed by atoms with Crippen LogP contribution < -0.4 is 0 Å². The fraction of sp³-hybridized carbons (Fsp3) is 0.538. The second kappa shape index (κ2) is 9.24. The van der Waals surface area contributed by atoms with E-state index in [2.05, 4.69) is 60.7 Å². The molecule has 0 bridgehead atoms. The summed E-state index contributed by atoms with van der Waals surface area (Å²) < 4.78 is 2.67. The van der Waals surface area contributed by atoms with Gasteiger partial charge in [0.25, 0.3) is 0 Å². The Morgan fingerprint density at radius 2 is 0.857 bits per heavy atom. The van der Waals surface area contributed by atoms with Gasteiger partial charge in [-0.05, 0) is 0 Å². The molecule has 0 N–H and O–H groups in total. The Bertz CT molecular complexity index is 634. The van der Waals surface area contributed by atoms with E-state index in [1.807, 2.05) is 0 Å². The molecule has 28 heavy (non-hydrogen) atoms. The molecule has 2 nitrogen and oxygen atoms in total. The average molecular weight is 379 g/mol. The maximum Gasteiger partial charge on any atom is 0.104 e. The monoisotopic (exact) mass is 378 g/mol. The van der Waals surface area contributed by atoms with E-state index in [-0.39, 0.29) is 0 Å². The highest BCUT2D eigenvalue weighted by Gasteiger charge is 2.34. The molecule has 2 aliphatic heterocycles. The molecule has 150 valence electrons. The Morgan fingerprint density at radius 1 is 0.500 bits per heavy atom. The van der Waals surface area contributed by atoms with Crippen molar-refractivity contribution in [1.29, 1.82) is 0 Å². The molecule has 0 atom stereocenters. The molecule has 2 aromatic rings. The molecule has 4 rings (SSSR count). The fourth-order valence-corrected chi connectivity index (χ4v) is 5.77. The summed E-state index contributed by atoms with van der Waals surface area (Å²) in [6, 6.07) is 22.4. The minimum Gasteiger partial charge on any atom is -0.320 e. The first-order valence-corrected chi connectivity index (χ1v) is 11.6. The van der Waals surface area contributed by atoms with E-state index in [0.29, 0.717) is 0 Å². The topological polar surface area (TPSA) is 0 Å². The summed E-state index contributed by atoms with van der Waals surface area (Å²) in [4.78, 5) is 0. The highest BCUT2D eigenvalue weighted by Crippen LogP contribution is 2.27. The van der Waals surface area contributed by atoms with Gasteiger partial charge in [-0.15, -0.1) is 0 Å². The van der Waals surface area contributed by atoms with Gasteiger partial charge in [0, 0.05) is 49.7 Å². The van der Waals surface area contributed by atoms with Crippen molar-refractivity contribution in [2.45, 2.75) is 51.6 Å². The van der Waals surface area contributed by atoms with Crippen LogP contribution in [-0.4, -0.2) is 48.2 Å². The van der Waals surface area contributed by atoms with Gasteiger partial charge in [0.1, 0.15) is 13.1 Å². The number of likely N-dealkylation sites (tertiary alicyclic amines) is 2. The Kier molecular flexibility index (Phi) is 6.49. The van der Waals surface area contributed by atoms with Crippen LogP contribution in [0.25, 0.3) is 0 Å². The zero-order valence-corrected chi connectivity index (χ0v) is 17.6. The number of hydrogen-bond acceptors (Lipinski definition) is 0. The summed E-state index contributed by atoms with van der Waals surface area (Å²) in [6.45, 7) is 10.8. The van der Waals surface area contributed by atoms with Crippen LogP contribution in [-0.2, 0) is 13.1 Å². The van der Waals surface area contributed by atoms with Gasteiger partial charge in [-0.25, -0.2) is 0 Å². The number of quaternary nitrogens is 2. The van der Waals surface area contributed by atoms with Crippen LogP contribution in [0, 0.1) is 0 Å². The zero-order valence-electron chi connectivity index (χ0n) is 17.6. The van der Waals surface area contributed by atoms with Gasteiger partial charge >= 0.3 is 0 Å². The van der Waals surface area contributed by atoms with Crippen LogP contribution in [0.1, 0.15) is 49.7 Å². The Hall–Kier alpha value is -1.64. The Balaban J connectivity index is 1.31. The van der Waals surface area contributed by atoms with Crippen LogP contribution in [0.5, 0.6) is 0 Å². The van der Waals surface area contributed by atoms with Gasteiger partial charge in [-0.2, -0.15) is 0 Å². The van der Waals surface area contributed by atoms with Crippen molar-refractivity contribution in [1.82, 2.24) is 0 Å². The lowest BCUT2D eigenvalue weighted by Crippen LogP contribution is -2.47. The maximum absolute atomic E-state index is 2.32. The van der Waals surface area contributed by atoms with Crippen LogP contribution in [0.4, 0.5) is 0 Å². The highest BCUT2D eigenvalue weighted by atomic mass is 15.4. The first-order chi connectivity index (χ1) is 13.8. The maximum atomic E-state index is 2.32. The van der Waals surface area contributed by atoms with Gasteiger partial charge in [0.15, 0.2) is 0 Å². The van der Waals surface area contributed by atoms with Crippen molar-refractivity contribution >= 4 is 0 Å². The van der Waals surface area contributed by atoms with Gasteiger partial charge in [-0.1, -0.05) is 60.7 Å². The third-order valence-corrected chi connectivity index (χ3v) is 7.27. The molecule has 2 aliphatic rings. The molecule has 2 heterocycles. The normalized spacial score (nSPS) is 20.4. The van der Waals surface area contributed by atoms with Crippen molar-refractivity contribution in [2.24, 2.45) is 0 Å². The van der Waals surface area contributed by atoms with Gasteiger partial charge in [-0.3, -0.25) is 0 Å². The molecule has 2 saturated heterocycles. The second-order valence-corrected chi connectivity index (χ2v) is 9.43. The van der Waals surface area contributed by atoms with Gasteiger partial charge in [0.05, 0.1) is 39.3 Å². The highest BCUT2D eigenvalue weighted by molar-refractivity contribution is 5.14. The number of hydrogen-bond donors (Lipinski definition) is 0. The zero-order chi connectivity index (χ0) is 19.1.